The Kier molecular flexibility index (Phi) is 28.2. The van der Waals surface area contributed by atoms with Crippen LogP contribution in [0, 0.1) is 0 Å². The first-order valence-corrected chi connectivity index (χ1v) is 21.9. The van der Waals surface area contributed by atoms with E-state index >= 15 is 0 Å². The Morgan fingerprint density at radius 3 is 1.64 bits per heavy atom. The van der Waals surface area contributed by atoms with Gasteiger partial charge in [0.05, 0.1) is 31.3 Å². The quantitative estimate of drug-likeness (QED) is 0.0243. The highest BCUT2D eigenvalue weighted by Gasteiger charge is 2.51. The minimum Gasteiger partial charge on any atom is -0.393 e. The number of phosphoric ester groups is 1. The van der Waals surface area contributed by atoms with Gasteiger partial charge in [0.25, 0.3) is 0 Å². The highest BCUT2D eigenvalue weighted by molar-refractivity contribution is 7.47. The normalized spacial score (nSPS) is 25.1. The van der Waals surface area contributed by atoms with Crippen molar-refractivity contribution >= 4 is 13.7 Å². The second-order valence-corrected chi connectivity index (χ2v) is 16.1. The van der Waals surface area contributed by atoms with Crippen LogP contribution in [0.25, 0.3) is 0 Å². The summed E-state index contributed by atoms with van der Waals surface area (Å²) in [7, 11) is -5.11. The second-order valence-electron chi connectivity index (χ2n) is 14.7. The average Bonchev–Trinajstić information content (AvgIpc) is 3.12. The maximum absolute atomic E-state index is 12.9. The molecule has 0 radical (unpaired) electrons. The molecule has 0 spiro atoms. The SMILES string of the molecule is CCCCC/C=C\C=C/CCCCCCC(O)CC(=O)NC(COP(=O)(O)OC1C(O)C(O)C(O)C(O)C1O)C(O)CCCCCCCCCCCC. The number of hydrogen-bond donors (Lipinski definition) is 9. The Labute approximate surface area is 318 Å². The summed E-state index contributed by atoms with van der Waals surface area (Å²) in [5, 5.41) is 74.2. The fraction of sp³-hybridized carbons (Fsp3) is 0.872. The zero-order valence-corrected chi connectivity index (χ0v) is 33.3. The first-order valence-electron chi connectivity index (χ1n) is 20.4. The van der Waals surface area contributed by atoms with Crippen molar-refractivity contribution in [2.45, 2.75) is 210 Å². The molecule has 0 aliphatic heterocycles. The van der Waals surface area contributed by atoms with Crippen LogP contribution in [0.3, 0.4) is 0 Å². The largest absolute Gasteiger partial charge is 0.472 e. The molecule has 8 atom stereocenters. The van der Waals surface area contributed by atoms with E-state index in [2.05, 4.69) is 43.5 Å². The van der Waals surface area contributed by atoms with Crippen molar-refractivity contribution < 1.29 is 59.0 Å². The highest BCUT2D eigenvalue weighted by Crippen LogP contribution is 2.47. The van der Waals surface area contributed by atoms with Crippen molar-refractivity contribution in [2.75, 3.05) is 6.61 Å². The van der Waals surface area contributed by atoms with Gasteiger partial charge in [-0.25, -0.2) is 4.57 Å². The number of nitrogens with one attached hydrogen (secondary N) is 1. The monoisotopic (exact) mass is 779 g/mol. The van der Waals surface area contributed by atoms with E-state index in [4.69, 9.17) is 9.05 Å². The van der Waals surface area contributed by atoms with E-state index in [1.807, 2.05) is 0 Å². The van der Waals surface area contributed by atoms with Gasteiger partial charge in [0.1, 0.15) is 36.6 Å². The van der Waals surface area contributed by atoms with E-state index in [0.717, 1.165) is 64.2 Å². The van der Waals surface area contributed by atoms with Crippen molar-refractivity contribution in [3.63, 3.8) is 0 Å². The van der Waals surface area contributed by atoms with Crippen molar-refractivity contribution in [1.29, 1.82) is 0 Å². The fourth-order valence-corrected chi connectivity index (χ4v) is 7.38. The maximum Gasteiger partial charge on any atom is 0.472 e. The molecule has 1 fully saturated rings. The van der Waals surface area contributed by atoms with E-state index in [1.54, 1.807) is 0 Å². The van der Waals surface area contributed by atoms with Crippen LogP contribution in [-0.4, -0.2) is 108 Å². The van der Waals surface area contributed by atoms with Crippen LogP contribution >= 0.6 is 7.82 Å². The highest BCUT2D eigenvalue weighted by atomic mass is 31.2. The summed E-state index contributed by atoms with van der Waals surface area (Å²) in [6.45, 7) is 3.69. The molecular formula is C39H74NO12P. The van der Waals surface area contributed by atoms with Crippen molar-refractivity contribution in [3.8, 4) is 0 Å². The number of amides is 1. The minimum absolute atomic E-state index is 0.235. The van der Waals surface area contributed by atoms with Crippen LogP contribution in [0.5, 0.6) is 0 Å². The topological polar surface area (TPSA) is 226 Å². The van der Waals surface area contributed by atoms with E-state index in [9.17, 15) is 50.0 Å². The molecule has 1 amide bonds. The number of aliphatic hydroxyl groups excluding tert-OH is 7. The molecule has 312 valence electrons. The number of phosphoric acid groups is 1. The van der Waals surface area contributed by atoms with E-state index in [0.29, 0.717) is 12.8 Å². The number of aliphatic hydroxyl groups is 7. The van der Waals surface area contributed by atoms with E-state index in [1.165, 1.54) is 51.4 Å². The molecule has 1 rings (SSSR count). The molecular weight excluding hydrogens is 705 g/mol. The van der Waals surface area contributed by atoms with Crippen LogP contribution in [-0.2, 0) is 18.4 Å². The Hall–Kier alpha value is -1.22. The smallest absolute Gasteiger partial charge is 0.393 e. The number of hydrogen-bond acceptors (Lipinski definition) is 11. The molecule has 8 unspecified atom stereocenters. The lowest BCUT2D eigenvalue weighted by Gasteiger charge is -2.41. The summed E-state index contributed by atoms with van der Waals surface area (Å²) in [6, 6.07) is -1.16. The first kappa shape index (κ1) is 49.8. The summed E-state index contributed by atoms with van der Waals surface area (Å²) in [5.41, 5.74) is 0. The third-order valence-electron chi connectivity index (χ3n) is 9.85. The molecule has 13 nitrogen and oxygen atoms in total. The van der Waals surface area contributed by atoms with Crippen LogP contribution in [0.4, 0.5) is 0 Å². The molecule has 14 heteroatoms. The molecule has 0 heterocycles. The Balaban J connectivity index is 2.61. The van der Waals surface area contributed by atoms with Gasteiger partial charge >= 0.3 is 7.82 Å². The van der Waals surface area contributed by atoms with Gasteiger partial charge in [0.2, 0.25) is 5.91 Å². The molecule has 9 N–H and O–H groups in total. The summed E-state index contributed by atoms with van der Waals surface area (Å²) in [6.07, 6.45) is 15.3. The first-order chi connectivity index (χ1) is 25.3. The molecule has 0 aromatic heterocycles. The third kappa shape index (κ3) is 22.8. The Morgan fingerprint density at radius 1 is 0.660 bits per heavy atom. The van der Waals surface area contributed by atoms with Crippen molar-refractivity contribution in [2.24, 2.45) is 0 Å². The van der Waals surface area contributed by atoms with Crippen LogP contribution in [0.15, 0.2) is 24.3 Å². The average molecular weight is 780 g/mol. The van der Waals surface area contributed by atoms with E-state index in [-0.39, 0.29) is 12.8 Å². The van der Waals surface area contributed by atoms with Crippen molar-refractivity contribution in [1.82, 2.24) is 5.32 Å². The number of carbonyl (C=O) groups excluding carboxylic acids is 1. The summed E-state index contributed by atoms with van der Waals surface area (Å²) in [4.78, 5) is 23.3. The predicted octanol–water partition coefficient (Wildman–Crippen LogP) is 5.25. The van der Waals surface area contributed by atoms with Gasteiger partial charge in [-0.3, -0.25) is 13.8 Å². The molecule has 53 heavy (non-hydrogen) atoms. The molecule has 0 aromatic carbocycles. The number of rotatable bonds is 32. The zero-order valence-electron chi connectivity index (χ0n) is 32.4. The maximum atomic E-state index is 12.9. The summed E-state index contributed by atoms with van der Waals surface area (Å²) in [5.74, 6) is -0.576. The zero-order chi connectivity index (χ0) is 39.5. The minimum atomic E-state index is -5.11. The summed E-state index contributed by atoms with van der Waals surface area (Å²) >= 11 is 0. The van der Waals surface area contributed by atoms with Crippen molar-refractivity contribution in [3.05, 3.63) is 24.3 Å². The fourth-order valence-electron chi connectivity index (χ4n) is 6.41. The Morgan fingerprint density at radius 2 is 1.09 bits per heavy atom. The molecule has 0 aromatic rings. The van der Waals surface area contributed by atoms with Gasteiger partial charge in [-0.15, -0.1) is 0 Å². The molecule has 0 saturated heterocycles. The Bertz CT molecular complexity index is 1020. The number of allylic oxidation sites excluding steroid dienone is 4. The second kappa shape index (κ2) is 30.0. The lowest BCUT2D eigenvalue weighted by atomic mass is 9.85. The molecule has 0 bridgehead atoms. The molecule has 1 saturated carbocycles. The van der Waals surface area contributed by atoms with Crippen LogP contribution in [0.1, 0.15) is 155 Å². The van der Waals surface area contributed by atoms with Gasteiger partial charge in [-0.1, -0.05) is 134 Å². The van der Waals surface area contributed by atoms with E-state index < -0.39 is 75.2 Å². The van der Waals surface area contributed by atoms with Gasteiger partial charge in [-0.05, 0) is 38.5 Å². The summed E-state index contributed by atoms with van der Waals surface area (Å²) < 4.78 is 22.8. The third-order valence-corrected chi connectivity index (χ3v) is 10.8. The number of carbonyl (C=O) groups is 1. The lowest BCUT2D eigenvalue weighted by Crippen LogP contribution is -2.64. The predicted molar refractivity (Wildman–Crippen MR) is 206 cm³/mol. The lowest BCUT2D eigenvalue weighted by molar-refractivity contribution is -0.220. The number of unbranched alkanes of at least 4 members (excludes halogenated alkanes) is 16. The standard InChI is InChI=1S/C39H74NO12P/c1-3-5-7-9-11-13-15-16-17-18-20-22-24-26-30(41)28-33(43)40-31(32(42)27-25-23-21-19-14-12-10-8-6-4-2)29-51-53(49,50)52-39-37(47)35(45)34(44)36(46)38(39)48/h11,13,15-16,30-32,34-39,41-42,44-48H,3-10,12,14,17-29H2,1-2H3,(H,40,43)(H,49,50)/b13-11-,16-15-. The van der Waals surface area contributed by atoms with Gasteiger partial charge in [0.15, 0.2) is 0 Å². The van der Waals surface area contributed by atoms with Crippen LogP contribution < -0.4 is 5.32 Å². The molecule has 1 aliphatic carbocycles. The molecule has 1 aliphatic rings. The van der Waals surface area contributed by atoms with Gasteiger partial charge in [0, 0.05) is 0 Å². The van der Waals surface area contributed by atoms with Crippen LogP contribution in [0.2, 0.25) is 0 Å². The van der Waals surface area contributed by atoms with Gasteiger partial charge in [-0.2, -0.15) is 0 Å². The van der Waals surface area contributed by atoms with Gasteiger partial charge < -0.3 is 46.0 Å².